The number of ketones is 1. The van der Waals surface area contributed by atoms with Crippen LogP contribution in [0.15, 0.2) is 59.5 Å². The van der Waals surface area contributed by atoms with E-state index in [2.05, 4.69) is 0 Å². The molecule has 7 heteroatoms. The number of aliphatic hydroxyl groups is 1. The van der Waals surface area contributed by atoms with Crippen LogP contribution in [0, 0.1) is 13.8 Å². The first kappa shape index (κ1) is 22.1. The minimum Gasteiger partial charge on any atom is -0.507 e. The highest BCUT2D eigenvalue weighted by atomic mass is 35.5. The zero-order chi connectivity index (χ0) is 23.0. The molecule has 2 heterocycles. The first-order valence-corrected chi connectivity index (χ1v) is 11.4. The number of Topliss-reactive ketones (excluding diaryl/α,β-unsaturated/α-hetero) is 1. The molecule has 1 aromatic heterocycles. The summed E-state index contributed by atoms with van der Waals surface area (Å²) in [5.41, 5.74) is 2.97. The summed E-state index contributed by atoms with van der Waals surface area (Å²) in [5.74, 6) is -1.26. The van der Waals surface area contributed by atoms with Crippen LogP contribution in [-0.2, 0) is 9.59 Å². The second-order valence-corrected chi connectivity index (χ2v) is 8.94. The lowest BCUT2D eigenvalue weighted by Gasteiger charge is -2.26. The van der Waals surface area contributed by atoms with Crippen LogP contribution in [0.2, 0.25) is 5.02 Å². The zero-order valence-corrected chi connectivity index (χ0v) is 19.5. The number of thiophene rings is 1. The minimum atomic E-state index is -0.734. The Hall–Kier alpha value is -3.09. The monoisotopic (exact) mass is 467 g/mol. The molecular formula is C25H22ClNO4S. The predicted molar refractivity (Wildman–Crippen MR) is 128 cm³/mol. The van der Waals surface area contributed by atoms with Gasteiger partial charge in [-0.2, -0.15) is 0 Å². The van der Waals surface area contributed by atoms with Gasteiger partial charge >= 0.3 is 0 Å². The van der Waals surface area contributed by atoms with E-state index >= 15 is 0 Å². The second-order valence-electron chi connectivity index (χ2n) is 7.55. The molecule has 5 nitrogen and oxygen atoms in total. The van der Waals surface area contributed by atoms with Crippen LogP contribution >= 0.6 is 22.9 Å². The van der Waals surface area contributed by atoms with Gasteiger partial charge in [0.05, 0.1) is 17.2 Å². The molecule has 0 spiro atoms. The van der Waals surface area contributed by atoms with Crippen molar-refractivity contribution in [3.8, 4) is 5.75 Å². The van der Waals surface area contributed by atoms with Gasteiger partial charge in [-0.25, -0.2) is 0 Å². The summed E-state index contributed by atoms with van der Waals surface area (Å²) in [6.45, 7) is 6.10. The molecule has 3 aromatic rings. The lowest BCUT2D eigenvalue weighted by atomic mass is 9.99. The van der Waals surface area contributed by atoms with E-state index in [4.69, 9.17) is 16.3 Å². The molecule has 0 radical (unpaired) electrons. The van der Waals surface area contributed by atoms with Crippen molar-refractivity contribution < 1.29 is 19.4 Å². The first-order chi connectivity index (χ1) is 15.3. The van der Waals surface area contributed by atoms with E-state index in [1.165, 1.54) is 16.2 Å². The van der Waals surface area contributed by atoms with Gasteiger partial charge in [-0.3, -0.25) is 14.5 Å². The summed E-state index contributed by atoms with van der Waals surface area (Å²) in [5, 5.41) is 13.5. The summed E-state index contributed by atoms with van der Waals surface area (Å²) in [6, 6.07) is 13.5. The van der Waals surface area contributed by atoms with Crippen molar-refractivity contribution >= 4 is 46.1 Å². The van der Waals surface area contributed by atoms with Crippen molar-refractivity contribution in [1.82, 2.24) is 0 Å². The van der Waals surface area contributed by atoms with Crippen LogP contribution < -0.4 is 9.64 Å². The molecule has 1 amide bonds. The summed E-state index contributed by atoms with van der Waals surface area (Å²) < 4.78 is 5.53. The molecule has 32 heavy (non-hydrogen) atoms. The SMILES string of the molecule is CCOc1cc(/C(O)=C2/C(=O)C(=O)N(c3ccc(C)cc3C)C2c2cccs2)ccc1Cl. The van der Waals surface area contributed by atoms with E-state index in [-0.39, 0.29) is 11.3 Å². The van der Waals surface area contributed by atoms with Gasteiger partial charge in [-0.1, -0.05) is 35.4 Å². The number of ether oxygens (including phenoxy) is 1. The van der Waals surface area contributed by atoms with Gasteiger partial charge < -0.3 is 9.84 Å². The number of amides is 1. The number of aliphatic hydroxyl groups excluding tert-OH is 1. The number of hydrogen-bond donors (Lipinski definition) is 1. The highest BCUT2D eigenvalue weighted by Gasteiger charge is 2.47. The lowest BCUT2D eigenvalue weighted by Crippen LogP contribution is -2.29. The average Bonchev–Trinajstić information content (AvgIpc) is 3.37. The summed E-state index contributed by atoms with van der Waals surface area (Å²) in [4.78, 5) is 28.7. The second kappa shape index (κ2) is 8.81. The summed E-state index contributed by atoms with van der Waals surface area (Å²) in [7, 11) is 0. The Labute approximate surface area is 195 Å². The fourth-order valence-electron chi connectivity index (χ4n) is 3.94. The maximum absolute atomic E-state index is 13.2. The van der Waals surface area contributed by atoms with Crippen molar-refractivity contribution in [2.75, 3.05) is 11.5 Å². The lowest BCUT2D eigenvalue weighted by molar-refractivity contribution is -0.132. The normalized spacial score (nSPS) is 17.8. The number of benzene rings is 2. The molecule has 1 atom stereocenters. The third kappa shape index (κ3) is 3.80. The summed E-state index contributed by atoms with van der Waals surface area (Å²) in [6.07, 6.45) is 0. The van der Waals surface area contributed by atoms with Crippen molar-refractivity contribution in [3.63, 3.8) is 0 Å². The van der Waals surface area contributed by atoms with E-state index in [1.807, 2.05) is 56.5 Å². The number of aryl methyl sites for hydroxylation is 2. The smallest absolute Gasteiger partial charge is 0.300 e. The number of carbonyl (C=O) groups excluding carboxylic acids is 2. The maximum atomic E-state index is 13.2. The van der Waals surface area contributed by atoms with Gasteiger partial charge in [0.25, 0.3) is 11.7 Å². The Balaban J connectivity index is 1.92. The number of hydrogen-bond acceptors (Lipinski definition) is 5. The topological polar surface area (TPSA) is 66.8 Å². The molecule has 0 saturated carbocycles. The zero-order valence-electron chi connectivity index (χ0n) is 17.9. The Bertz CT molecular complexity index is 1230. The molecule has 1 aliphatic rings. The van der Waals surface area contributed by atoms with Crippen molar-refractivity contribution in [2.24, 2.45) is 0 Å². The van der Waals surface area contributed by atoms with Gasteiger partial charge in [-0.15, -0.1) is 11.3 Å². The molecule has 1 unspecified atom stereocenters. The largest absolute Gasteiger partial charge is 0.507 e. The summed E-state index contributed by atoms with van der Waals surface area (Å²) >= 11 is 7.61. The van der Waals surface area contributed by atoms with Gasteiger partial charge in [-0.05, 0) is 62.0 Å². The maximum Gasteiger partial charge on any atom is 0.300 e. The molecular weight excluding hydrogens is 446 g/mol. The van der Waals surface area contributed by atoms with Gasteiger partial charge in [0.2, 0.25) is 0 Å². The van der Waals surface area contributed by atoms with Gasteiger partial charge in [0.15, 0.2) is 0 Å². The predicted octanol–water partition coefficient (Wildman–Crippen LogP) is 6.04. The number of carbonyl (C=O) groups is 2. The Kier molecular flexibility index (Phi) is 6.09. The standard InChI is InChI=1S/C25H22ClNO4S/c1-4-31-19-13-16(8-9-17(19)26)23(28)21-22(20-6-5-11-32-20)27(25(30)24(21)29)18-10-7-14(2)12-15(18)3/h5-13,22,28H,4H2,1-3H3/b23-21-. The third-order valence-electron chi connectivity index (χ3n) is 5.37. The van der Waals surface area contributed by atoms with Crippen LogP contribution in [0.3, 0.4) is 0 Å². The average molecular weight is 468 g/mol. The molecule has 0 bridgehead atoms. The Morgan fingerprint density at radius 1 is 1.16 bits per heavy atom. The molecule has 164 valence electrons. The molecule has 1 fully saturated rings. The molecule has 2 aromatic carbocycles. The van der Waals surface area contributed by atoms with E-state index in [1.54, 1.807) is 18.2 Å². The number of halogens is 1. The minimum absolute atomic E-state index is 0.0437. The molecule has 1 aliphatic heterocycles. The molecule has 1 saturated heterocycles. The van der Waals surface area contributed by atoms with Crippen LogP contribution in [0.25, 0.3) is 5.76 Å². The van der Waals surface area contributed by atoms with E-state index in [0.29, 0.717) is 28.6 Å². The molecule has 4 rings (SSSR count). The number of nitrogens with zero attached hydrogens (tertiary/aromatic N) is 1. The number of rotatable bonds is 5. The third-order valence-corrected chi connectivity index (χ3v) is 6.61. The fourth-order valence-corrected chi connectivity index (χ4v) is 4.94. The van der Waals surface area contributed by atoms with Crippen molar-refractivity contribution in [2.45, 2.75) is 26.8 Å². The first-order valence-electron chi connectivity index (χ1n) is 10.2. The van der Waals surface area contributed by atoms with E-state index < -0.39 is 17.7 Å². The molecule has 0 aliphatic carbocycles. The van der Waals surface area contributed by atoms with Crippen molar-refractivity contribution in [1.29, 1.82) is 0 Å². The quantitative estimate of drug-likeness (QED) is 0.282. The Morgan fingerprint density at radius 3 is 2.59 bits per heavy atom. The van der Waals surface area contributed by atoms with Gasteiger partial charge in [0.1, 0.15) is 17.6 Å². The molecule has 1 N–H and O–H groups in total. The van der Waals surface area contributed by atoms with Crippen LogP contribution in [-0.4, -0.2) is 23.4 Å². The fraction of sp³-hybridized carbons (Fsp3) is 0.200. The van der Waals surface area contributed by atoms with Crippen LogP contribution in [0.4, 0.5) is 5.69 Å². The number of anilines is 1. The highest BCUT2D eigenvalue weighted by molar-refractivity contribution is 7.10. The van der Waals surface area contributed by atoms with Crippen LogP contribution in [0.5, 0.6) is 5.75 Å². The Morgan fingerprint density at radius 2 is 1.94 bits per heavy atom. The van der Waals surface area contributed by atoms with Crippen molar-refractivity contribution in [3.05, 3.63) is 86.1 Å². The van der Waals surface area contributed by atoms with Crippen LogP contribution in [0.1, 0.15) is 34.5 Å². The van der Waals surface area contributed by atoms with E-state index in [9.17, 15) is 14.7 Å². The highest BCUT2D eigenvalue weighted by Crippen LogP contribution is 2.44. The van der Waals surface area contributed by atoms with E-state index in [0.717, 1.165) is 16.0 Å². The van der Waals surface area contributed by atoms with Gasteiger partial charge in [0, 0.05) is 16.1 Å².